The first-order chi connectivity index (χ1) is 18.8. The smallest absolute Gasteiger partial charge is 0.359 e. The molecule has 206 valence electrons. The number of rotatable bonds is 10. The minimum atomic E-state index is -1.28. The fourth-order valence-electron chi connectivity index (χ4n) is 4.78. The quantitative estimate of drug-likeness (QED) is 0.393. The van der Waals surface area contributed by atoms with Crippen molar-refractivity contribution in [3.63, 3.8) is 0 Å². The third kappa shape index (κ3) is 5.25. The Kier molecular flexibility index (Phi) is 8.08. The molecule has 0 radical (unpaired) electrons. The van der Waals surface area contributed by atoms with Crippen LogP contribution in [0.3, 0.4) is 0 Å². The molecule has 1 aliphatic rings. The van der Waals surface area contributed by atoms with Crippen LogP contribution >= 0.6 is 0 Å². The molecule has 0 aliphatic carbocycles. The summed E-state index contributed by atoms with van der Waals surface area (Å²) in [7, 11) is 5.90. The number of amides is 2. The molecule has 1 atom stereocenters. The average molecular weight is 537 g/mol. The highest BCUT2D eigenvalue weighted by molar-refractivity contribution is 6.06. The molecule has 0 spiro atoms. The summed E-state index contributed by atoms with van der Waals surface area (Å²) in [6.45, 7) is 2.21. The zero-order valence-electron chi connectivity index (χ0n) is 22.6. The average Bonchev–Trinajstić information content (AvgIpc) is 3.38. The van der Waals surface area contributed by atoms with E-state index in [2.05, 4.69) is 10.3 Å². The van der Waals surface area contributed by atoms with Crippen molar-refractivity contribution in [3.8, 4) is 17.2 Å². The molecule has 2 amide bonds. The van der Waals surface area contributed by atoms with E-state index in [1.165, 1.54) is 22.9 Å². The van der Waals surface area contributed by atoms with Crippen LogP contribution < -0.4 is 19.5 Å². The molecule has 3 aromatic rings. The monoisotopic (exact) mass is 536 g/mol. The lowest BCUT2D eigenvalue weighted by atomic mass is 9.93. The third-order valence-electron chi connectivity index (χ3n) is 6.93. The molecule has 1 aromatic heterocycles. The Hall–Kier alpha value is -4.54. The maximum atomic E-state index is 13.9. The lowest BCUT2D eigenvalue weighted by molar-refractivity contribution is -0.133. The Morgan fingerprint density at radius 1 is 1.00 bits per heavy atom. The van der Waals surface area contributed by atoms with E-state index >= 15 is 0 Å². The van der Waals surface area contributed by atoms with Crippen LogP contribution in [0, 0.1) is 0 Å². The first-order valence-corrected chi connectivity index (χ1v) is 12.3. The van der Waals surface area contributed by atoms with E-state index in [-0.39, 0.29) is 36.9 Å². The van der Waals surface area contributed by atoms with Gasteiger partial charge in [-0.25, -0.2) is 9.78 Å². The minimum absolute atomic E-state index is 0.0872. The molecule has 2 heterocycles. The van der Waals surface area contributed by atoms with E-state index in [0.717, 1.165) is 11.1 Å². The van der Waals surface area contributed by atoms with Crippen LogP contribution in [-0.2, 0) is 29.0 Å². The molecule has 4 rings (SSSR count). The first-order valence-electron chi connectivity index (χ1n) is 12.3. The SMILES string of the molecule is COC(=O)c1ncn2c1C(=O)N(CCc1ccc(OC)c(OC)c1)[C@@](C)(C(=O)NCc1ccccc1OC)C2. The molecule has 0 saturated carbocycles. The van der Waals surface area contributed by atoms with Crippen molar-refractivity contribution in [1.29, 1.82) is 0 Å². The minimum Gasteiger partial charge on any atom is -0.496 e. The van der Waals surface area contributed by atoms with Crippen molar-refractivity contribution in [1.82, 2.24) is 19.8 Å². The largest absolute Gasteiger partial charge is 0.496 e. The number of fused-ring (bicyclic) bond motifs is 1. The molecule has 1 N–H and O–H groups in total. The van der Waals surface area contributed by atoms with Crippen molar-refractivity contribution < 1.29 is 33.3 Å². The highest BCUT2D eigenvalue weighted by Gasteiger charge is 2.48. The van der Waals surface area contributed by atoms with Gasteiger partial charge >= 0.3 is 5.97 Å². The fourth-order valence-corrected chi connectivity index (χ4v) is 4.78. The Bertz CT molecular complexity index is 1390. The summed E-state index contributed by atoms with van der Waals surface area (Å²) in [6.07, 6.45) is 1.81. The van der Waals surface area contributed by atoms with Crippen molar-refractivity contribution in [2.75, 3.05) is 35.0 Å². The van der Waals surface area contributed by atoms with Crippen LogP contribution in [0.4, 0.5) is 0 Å². The van der Waals surface area contributed by atoms with Gasteiger partial charge in [-0.15, -0.1) is 0 Å². The lowest BCUT2D eigenvalue weighted by Crippen LogP contribution is -2.64. The number of ether oxygens (including phenoxy) is 4. The summed E-state index contributed by atoms with van der Waals surface area (Å²) >= 11 is 0. The zero-order valence-corrected chi connectivity index (χ0v) is 22.6. The highest BCUT2D eigenvalue weighted by Crippen LogP contribution is 2.31. The van der Waals surface area contributed by atoms with Crippen LogP contribution in [-0.4, -0.2) is 72.8 Å². The molecule has 11 nitrogen and oxygen atoms in total. The number of aromatic nitrogens is 2. The van der Waals surface area contributed by atoms with Gasteiger partial charge in [0.05, 0.1) is 41.3 Å². The van der Waals surface area contributed by atoms with Crippen LogP contribution in [0.5, 0.6) is 17.2 Å². The second-order valence-corrected chi connectivity index (χ2v) is 9.23. The lowest BCUT2D eigenvalue weighted by Gasteiger charge is -2.43. The van der Waals surface area contributed by atoms with Gasteiger partial charge in [-0.1, -0.05) is 24.3 Å². The van der Waals surface area contributed by atoms with Gasteiger partial charge in [0.2, 0.25) is 5.91 Å². The van der Waals surface area contributed by atoms with Crippen LogP contribution in [0.15, 0.2) is 48.8 Å². The number of carbonyl (C=O) groups is 3. The van der Waals surface area contributed by atoms with Gasteiger partial charge in [-0.2, -0.15) is 0 Å². The van der Waals surface area contributed by atoms with E-state index in [9.17, 15) is 14.4 Å². The number of carbonyl (C=O) groups excluding carboxylic acids is 3. The summed E-state index contributed by atoms with van der Waals surface area (Å²) in [6, 6.07) is 12.9. The number of hydrogen-bond donors (Lipinski definition) is 1. The van der Waals surface area contributed by atoms with Gasteiger partial charge in [0, 0.05) is 18.7 Å². The van der Waals surface area contributed by atoms with Gasteiger partial charge in [0.25, 0.3) is 5.91 Å². The zero-order chi connectivity index (χ0) is 28.2. The van der Waals surface area contributed by atoms with Crippen LogP contribution in [0.1, 0.15) is 39.0 Å². The first kappa shape index (κ1) is 27.5. The molecule has 0 unspecified atom stereocenters. The normalized spacial score (nSPS) is 16.3. The summed E-state index contributed by atoms with van der Waals surface area (Å²) in [5.41, 5.74) is 0.396. The number of esters is 1. The third-order valence-corrected chi connectivity index (χ3v) is 6.93. The second kappa shape index (κ2) is 11.5. The van der Waals surface area contributed by atoms with E-state index in [1.54, 1.807) is 34.3 Å². The van der Waals surface area contributed by atoms with Crippen LogP contribution in [0.25, 0.3) is 0 Å². The van der Waals surface area contributed by atoms with Crippen molar-refractivity contribution in [3.05, 3.63) is 71.3 Å². The predicted octanol–water partition coefficient (Wildman–Crippen LogP) is 2.47. The number of methoxy groups -OCH3 is 4. The van der Waals surface area contributed by atoms with E-state index in [1.807, 2.05) is 36.4 Å². The van der Waals surface area contributed by atoms with Gasteiger partial charge in [0.1, 0.15) is 17.0 Å². The Morgan fingerprint density at radius 2 is 1.72 bits per heavy atom. The summed E-state index contributed by atoms with van der Waals surface area (Å²) < 4.78 is 22.5. The maximum Gasteiger partial charge on any atom is 0.359 e. The fraction of sp³-hybridized carbons (Fsp3) is 0.357. The summed E-state index contributed by atoms with van der Waals surface area (Å²) in [5.74, 6) is 0.224. The van der Waals surface area contributed by atoms with Gasteiger partial charge in [-0.3, -0.25) is 9.59 Å². The topological polar surface area (TPSA) is 121 Å². The Labute approximate surface area is 226 Å². The van der Waals surface area contributed by atoms with Gasteiger partial charge in [-0.05, 0) is 37.1 Å². The van der Waals surface area contributed by atoms with Gasteiger partial charge in [0.15, 0.2) is 17.2 Å². The summed E-state index contributed by atoms with van der Waals surface area (Å²) in [4.78, 5) is 45.6. The van der Waals surface area contributed by atoms with E-state index in [0.29, 0.717) is 23.7 Å². The number of nitrogens with zero attached hydrogens (tertiary/aromatic N) is 3. The predicted molar refractivity (Wildman–Crippen MR) is 141 cm³/mol. The van der Waals surface area contributed by atoms with Gasteiger partial charge < -0.3 is 33.7 Å². The number of para-hydroxylation sites is 1. The summed E-state index contributed by atoms with van der Waals surface area (Å²) in [5, 5.41) is 2.96. The molecule has 0 bridgehead atoms. The van der Waals surface area contributed by atoms with Crippen molar-refractivity contribution >= 4 is 17.8 Å². The number of nitrogens with one attached hydrogen (secondary N) is 1. The molecule has 0 saturated heterocycles. The maximum absolute atomic E-state index is 13.9. The van der Waals surface area contributed by atoms with Crippen molar-refractivity contribution in [2.45, 2.75) is 32.0 Å². The Balaban J connectivity index is 1.65. The van der Waals surface area contributed by atoms with Crippen molar-refractivity contribution in [2.24, 2.45) is 0 Å². The second-order valence-electron chi connectivity index (χ2n) is 9.23. The molecule has 2 aromatic carbocycles. The number of imidazole rings is 1. The molecule has 11 heteroatoms. The molecule has 39 heavy (non-hydrogen) atoms. The standard InChI is InChI=1S/C28H32N4O7/c1-28(27(35)29-15-19-8-6-7-9-20(19)36-2)16-31-17-30-23(26(34)39-5)24(31)25(33)32(28)13-12-18-10-11-21(37-3)22(14-18)38-4/h6-11,14,17H,12-13,15-16H2,1-5H3,(H,29,35)/t28-/m1/s1. The number of hydrogen-bond acceptors (Lipinski definition) is 8. The molecular formula is C28H32N4O7. The highest BCUT2D eigenvalue weighted by atomic mass is 16.5. The Morgan fingerprint density at radius 3 is 2.41 bits per heavy atom. The number of benzene rings is 2. The van der Waals surface area contributed by atoms with E-state index in [4.69, 9.17) is 18.9 Å². The molecule has 1 aliphatic heterocycles. The molecule has 0 fully saturated rings. The van der Waals surface area contributed by atoms with E-state index < -0.39 is 17.4 Å². The van der Waals surface area contributed by atoms with Crippen LogP contribution in [0.2, 0.25) is 0 Å². The molecular weight excluding hydrogens is 504 g/mol.